The summed E-state index contributed by atoms with van der Waals surface area (Å²) in [5, 5.41) is 0. The molecule has 0 aromatic heterocycles. The van der Waals surface area contributed by atoms with Gasteiger partial charge < -0.3 is 10.6 Å². The van der Waals surface area contributed by atoms with Crippen molar-refractivity contribution in [1.82, 2.24) is 4.90 Å². The van der Waals surface area contributed by atoms with E-state index >= 15 is 0 Å². The summed E-state index contributed by atoms with van der Waals surface area (Å²) in [6, 6.07) is 0.253. The quantitative estimate of drug-likeness (QED) is 0.664. The maximum Gasteiger partial charge on any atom is 0.223 e. The molecular formula is C11H18N2O. The van der Waals surface area contributed by atoms with Gasteiger partial charge in [-0.25, -0.2) is 0 Å². The molecule has 1 aliphatic carbocycles. The molecule has 0 unspecified atom stereocenters. The third kappa shape index (κ3) is 1.82. The topological polar surface area (TPSA) is 46.3 Å². The molecule has 3 nitrogen and oxygen atoms in total. The lowest BCUT2D eigenvalue weighted by molar-refractivity contribution is -0.133. The van der Waals surface area contributed by atoms with Crippen molar-refractivity contribution in [3.05, 3.63) is 12.2 Å². The van der Waals surface area contributed by atoms with Gasteiger partial charge in [0.15, 0.2) is 0 Å². The minimum absolute atomic E-state index is 0.253. The predicted molar refractivity (Wildman–Crippen MR) is 55.7 cm³/mol. The fraction of sp³-hybridized carbons (Fsp3) is 0.727. The third-order valence-corrected chi connectivity index (χ3v) is 3.34. The molecule has 2 fully saturated rings. The maximum absolute atomic E-state index is 11.7. The van der Waals surface area contributed by atoms with Gasteiger partial charge in [-0.3, -0.25) is 4.79 Å². The number of nitrogens with zero attached hydrogens (tertiary/aromatic N) is 1. The van der Waals surface area contributed by atoms with Gasteiger partial charge in [0.1, 0.15) is 0 Å². The van der Waals surface area contributed by atoms with Crippen molar-refractivity contribution in [1.29, 1.82) is 0 Å². The number of rotatable bonds is 2. The fourth-order valence-electron chi connectivity index (χ4n) is 2.34. The van der Waals surface area contributed by atoms with Crippen molar-refractivity contribution >= 4 is 5.91 Å². The minimum Gasteiger partial charge on any atom is -0.335 e. The van der Waals surface area contributed by atoms with Crippen LogP contribution in [0.3, 0.4) is 0 Å². The van der Waals surface area contributed by atoms with Crippen LogP contribution in [-0.4, -0.2) is 29.9 Å². The van der Waals surface area contributed by atoms with E-state index in [9.17, 15) is 4.79 Å². The van der Waals surface area contributed by atoms with Crippen LogP contribution in [0.1, 0.15) is 25.7 Å². The lowest BCUT2D eigenvalue weighted by Gasteiger charge is -2.34. The first-order valence-corrected chi connectivity index (χ1v) is 5.37. The van der Waals surface area contributed by atoms with Crippen LogP contribution in [-0.2, 0) is 4.79 Å². The average Bonchev–Trinajstić information content (AvgIpc) is 2.46. The van der Waals surface area contributed by atoms with Gasteiger partial charge in [-0.1, -0.05) is 13.0 Å². The summed E-state index contributed by atoms with van der Waals surface area (Å²) in [7, 11) is 0. The average molecular weight is 194 g/mol. The largest absolute Gasteiger partial charge is 0.335 e. The van der Waals surface area contributed by atoms with Crippen LogP contribution in [0.25, 0.3) is 0 Å². The normalized spacial score (nSPS) is 31.8. The van der Waals surface area contributed by atoms with Crippen LogP contribution in [0.2, 0.25) is 0 Å². The van der Waals surface area contributed by atoms with Crippen molar-refractivity contribution < 1.29 is 4.79 Å². The summed E-state index contributed by atoms with van der Waals surface area (Å²) in [4.78, 5) is 13.6. The number of hydrogen-bond acceptors (Lipinski definition) is 2. The molecular weight excluding hydrogens is 176 g/mol. The van der Waals surface area contributed by atoms with Crippen molar-refractivity contribution in [2.45, 2.75) is 31.7 Å². The highest BCUT2D eigenvalue weighted by atomic mass is 16.2. The highest BCUT2D eigenvalue weighted by Crippen LogP contribution is 2.28. The number of carbonyl (C=O) groups is 1. The van der Waals surface area contributed by atoms with E-state index in [1.165, 1.54) is 6.42 Å². The highest BCUT2D eigenvalue weighted by Gasteiger charge is 2.30. The zero-order valence-electron chi connectivity index (χ0n) is 8.54. The van der Waals surface area contributed by atoms with E-state index in [1.807, 2.05) is 4.90 Å². The van der Waals surface area contributed by atoms with Crippen LogP contribution in [0.4, 0.5) is 0 Å². The van der Waals surface area contributed by atoms with E-state index in [1.54, 1.807) is 0 Å². The second kappa shape index (κ2) is 3.73. The Morgan fingerprint density at radius 1 is 1.50 bits per heavy atom. The minimum atomic E-state index is 0.253. The molecule has 0 spiro atoms. The van der Waals surface area contributed by atoms with Crippen molar-refractivity contribution in [3.8, 4) is 0 Å². The second-order valence-electron chi connectivity index (χ2n) is 4.56. The van der Waals surface area contributed by atoms with Gasteiger partial charge in [0.2, 0.25) is 5.91 Å². The monoisotopic (exact) mass is 194 g/mol. The Hall–Kier alpha value is -0.830. The molecule has 3 heteroatoms. The van der Waals surface area contributed by atoms with Crippen LogP contribution in [0.5, 0.6) is 0 Å². The smallest absolute Gasteiger partial charge is 0.223 e. The summed E-state index contributed by atoms with van der Waals surface area (Å²) in [6.07, 6.45) is 4.05. The fourth-order valence-corrected chi connectivity index (χ4v) is 2.34. The number of hydrogen-bond donors (Lipinski definition) is 1. The standard InChI is InChI=1S/C11H18N2O/c1-8-6-13(7-8)11(14)5-9-3-2-4-10(9)12/h9-10H,1-7,12H2/t9-,10+/m0/s1. The zero-order chi connectivity index (χ0) is 10.1. The highest BCUT2D eigenvalue weighted by molar-refractivity contribution is 5.78. The molecule has 1 heterocycles. The molecule has 2 aliphatic rings. The summed E-state index contributed by atoms with van der Waals surface area (Å²) in [5.74, 6) is 0.691. The number of nitrogens with two attached hydrogens (primary N) is 1. The zero-order valence-corrected chi connectivity index (χ0v) is 8.54. The number of amides is 1. The first-order chi connectivity index (χ1) is 6.66. The van der Waals surface area contributed by atoms with Crippen molar-refractivity contribution in [2.75, 3.05) is 13.1 Å². The van der Waals surface area contributed by atoms with Crippen LogP contribution in [0, 0.1) is 5.92 Å². The Bertz CT molecular complexity index is 254. The Labute approximate surface area is 84.9 Å². The van der Waals surface area contributed by atoms with E-state index in [4.69, 9.17) is 5.73 Å². The number of carbonyl (C=O) groups excluding carboxylic acids is 1. The van der Waals surface area contributed by atoms with Gasteiger partial charge in [0, 0.05) is 25.6 Å². The molecule has 0 aromatic carbocycles. The summed E-state index contributed by atoms with van der Waals surface area (Å²) in [5.41, 5.74) is 7.09. The first kappa shape index (κ1) is 9.71. The molecule has 1 amide bonds. The Kier molecular flexibility index (Phi) is 2.59. The Balaban J connectivity index is 1.79. The van der Waals surface area contributed by atoms with E-state index in [-0.39, 0.29) is 11.9 Å². The summed E-state index contributed by atoms with van der Waals surface area (Å²) in [6.45, 7) is 5.35. The molecule has 0 aromatic rings. The van der Waals surface area contributed by atoms with Crippen LogP contribution in [0.15, 0.2) is 12.2 Å². The van der Waals surface area contributed by atoms with Crippen LogP contribution >= 0.6 is 0 Å². The Morgan fingerprint density at radius 2 is 2.21 bits per heavy atom. The van der Waals surface area contributed by atoms with Gasteiger partial charge in [-0.15, -0.1) is 0 Å². The van der Waals surface area contributed by atoms with Gasteiger partial charge in [-0.05, 0) is 24.3 Å². The predicted octanol–water partition coefficient (Wildman–Crippen LogP) is 0.902. The molecule has 14 heavy (non-hydrogen) atoms. The first-order valence-electron chi connectivity index (χ1n) is 5.37. The molecule has 0 bridgehead atoms. The molecule has 2 N–H and O–H groups in total. The molecule has 0 radical (unpaired) electrons. The third-order valence-electron chi connectivity index (χ3n) is 3.34. The van der Waals surface area contributed by atoms with Gasteiger partial charge in [0.05, 0.1) is 0 Å². The maximum atomic E-state index is 11.7. The van der Waals surface area contributed by atoms with Gasteiger partial charge in [-0.2, -0.15) is 0 Å². The van der Waals surface area contributed by atoms with Crippen molar-refractivity contribution in [2.24, 2.45) is 11.7 Å². The van der Waals surface area contributed by atoms with Gasteiger partial charge >= 0.3 is 0 Å². The van der Waals surface area contributed by atoms with Crippen molar-refractivity contribution in [3.63, 3.8) is 0 Å². The second-order valence-corrected chi connectivity index (χ2v) is 4.56. The molecule has 2 rings (SSSR count). The van der Waals surface area contributed by atoms with E-state index < -0.39 is 0 Å². The molecule has 2 atom stereocenters. The SMILES string of the molecule is C=C1CN(C(=O)C[C@@H]2CCC[C@H]2N)C1. The van der Waals surface area contributed by atoms with E-state index in [0.717, 1.165) is 31.5 Å². The lowest BCUT2D eigenvalue weighted by Crippen LogP contribution is -2.45. The van der Waals surface area contributed by atoms with E-state index in [2.05, 4.69) is 6.58 Å². The van der Waals surface area contributed by atoms with E-state index in [0.29, 0.717) is 12.3 Å². The molecule has 1 saturated heterocycles. The lowest BCUT2D eigenvalue weighted by atomic mass is 9.98. The summed E-state index contributed by atoms with van der Waals surface area (Å²) < 4.78 is 0. The Morgan fingerprint density at radius 3 is 2.71 bits per heavy atom. The molecule has 1 saturated carbocycles. The number of likely N-dealkylation sites (tertiary alicyclic amines) is 1. The summed E-state index contributed by atoms with van der Waals surface area (Å²) >= 11 is 0. The molecule has 1 aliphatic heterocycles. The molecule has 78 valence electrons. The van der Waals surface area contributed by atoms with Gasteiger partial charge in [0.25, 0.3) is 0 Å². The van der Waals surface area contributed by atoms with Crippen LogP contribution < -0.4 is 5.73 Å².